The summed E-state index contributed by atoms with van der Waals surface area (Å²) in [4.78, 5) is 19.2. The van der Waals surface area contributed by atoms with Gasteiger partial charge in [0.25, 0.3) is 0 Å². The SMILES string of the molecule is CC1CN(Cc2cc(N3CCCC3=O)ccc2OCCCN2CCCC2C)CC(C)O1. The highest BCUT2D eigenvalue weighted by atomic mass is 16.5. The Morgan fingerprint density at radius 1 is 1.10 bits per heavy atom. The molecule has 6 heteroatoms. The fraction of sp³-hybridized carbons (Fsp3) is 0.720. The number of ether oxygens (including phenoxy) is 2. The van der Waals surface area contributed by atoms with E-state index in [0.717, 1.165) is 63.6 Å². The van der Waals surface area contributed by atoms with Gasteiger partial charge in [-0.3, -0.25) is 9.69 Å². The minimum absolute atomic E-state index is 0.230. The van der Waals surface area contributed by atoms with Crippen LogP contribution in [0.5, 0.6) is 5.75 Å². The monoisotopic (exact) mass is 429 g/mol. The van der Waals surface area contributed by atoms with Gasteiger partial charge in [0, 0.05) is 56.4 Å². The van der Waals surface area contributed by atoms with Crippen LogP contribution in [0, 0.1) is 0 Å². The fourth-order valence-corrected chi connectivity index (χ4v) is 5.35. The zero-order valence-electron chi connectivity index (χ0n) is 19.5. The highest BCUT2D eigenvalue weighted by Gasteiger charge is 2.26. The molecule has 3 saturated heterocycles. The Bertz CT molecular complexity index is 746. The molecule has 3 unspecified atom stereocenters. The Kier molecular flexibility index (Phi) is 7.51. The van der Waals surface area contributed by atoms with Crippen molar-refractivity contribution in [3.8, 4) is 5.75 Å². The molecule has 0 aromatic heterocycles. The molecule has 3 aliphatic heterocycles. The highest BCUT2D eigenvalue weighted by Crippen LogP contribution is 2.30. The Balaban J connectivity index is 1.43. The number of hydrogen-bond donors (Lipinski definition) is 0. The predicted molar refractivity (Wildman–Crippen MR) is 124 cm³/mol. The van der Waals surface area contributed by atoms with E-state index in [9.17, 15) is 4.79 Å². The summed E-state index contributed by atoms with van der Waals surface area (Å²) in [5.74, 6) is 1.18. The Morgan fingerprint density at radius 2 is 1.90 bits per heavy atom. The first-order chi connectivity index (χ1) is 15.0. The van der Waals surface area contributed by atoms with Crippen molar-refractivity contribution in [1.82, 2.24) is 9.80 Å². The molecular formula is C25H39N3O3. The van der Waals surface area contributed by atoms with Crippen molar-refractivity contribution in [1.29, 1.82) is 0 Å². The summed E-state index contributed by atoms with van der Waals surface area (Å²) in [6, 6.07) is 7.00. The van der Waals surface area contributed by atoms with Gasteiger partial charge in [-0.1, -0.05) is 0 Å². The third-order valence-electron chi connectivity index (χ3n) is 6.86. The minimum atomic E-state index is 0.230. The van der Waals surface area contributed by atoms with Gasteiger partial charge < -0.3 is 19.3 Å². The molecule has 6 nitrogen and oxygen atoms in total. The zero-order chi connectivity index (χ0) is 21.8. The molecule has 0 aliphatic carbocycles. The number of amides is 1. The Labute approximate surface area is 187 Å². The van der Waals surface area contributed by atoms with E-state index < -0.39 is 0 Å². The minimum Gasteiger partial charge on any atom is -0.493 e. The summed E-state index contributed by atoms with van der Waals surface area (Å²) in [5.41, 5.74) is 2.18. The van der Waals surface area contributed by atoms with Crippen molar-refractivity contribution in [2.24, 2.45) is 0 Å². The molecule has 0 bridgehead atoms. The number of carbonyl (C=O) groups excluding carboxylic acids is 1. The van der Waals surface area contributed by atoms with E-state index in [0.29, 0.717) is 12.5 Å². The van der Waals surface area contributed by atoms with Crippen LogP contribution < -0.4 is 9.64 Å². The topological polar surface area (TPSA) is 45.2 Å². The maximum Gasteiger partial charge on any atom is 0.227 e. The van der Waals surface area contributed by atoms with Gasteiger partial charge in [0.1, 0.15) is 5.75 Å². The van der Waals surface area contributed by atoms with Gasteiger partial charge in [0.05, 0.1) is 18.8 Å². The Hall–Kier alpha value is -1.63. The molecule has 0 N–H and O–H groups in total. The average Bonchev–Trinajstić information content (AvgIpc) is 3.33. The summed E-state index contributed by atoms with van der Waals surface area (Å²) in [7, 11) is 0. The largest absolute Gasteiger partial charge is 0.493 e. The van der Waals surface area contributed by atoms with E-state index in [4.69, 9.17) is 9.47 Å². The van der Waals surface area contributed by atoms with E-state index in [1.54, 1.807) is 0 Å². The molecule has 0 saturated carbocycles. The molecular weight excluding hydrogens is 390 g/mol. The molecule has 3 atom stereocenters. The number of hydrogen-bond acceptors (Lipinski definition) is 5. The maximum absolute atomic E-state index is 12.3. The molecule has 0 radical (unpaired) electrons. The summed E-state index contributed by atoms with van der Waals surface area (Å²) < 4.78 is 12.2. The van der Waals surface area contributed by atoms with Gasteiger partial charge in [-0.2, -0.15) is 0 Å². The van der Waals surface area contributed by atoms with Crippen LogP contribution in [-0.2, 0) is 16.1 Å². The van der Waals surface area contributed by atoms with E-state index in [2.05, 4.69) is 48.8 Å². The van der Waals surface area contributed by atoms with E-state index in [1.165, 1.54) is 24.9 Å². The van der Waals surface area contributed by atoms with Gasteiger partial charge in [-0.05, 0) is 71.2 Å². The lowest BCUT2D eigenvalue weighted by Crippen LogP contribution is -2.44. The van der Waals surface area contributed by atoms with Crippen molar-refractivity contribution < 1.29 is 14.3 Å². The highest BCUT2D eigenvalue weighted by molar-refractivity contribution is 5.95. The normalized spacial score (nSPS) is 27.9. The van der Waals surface area contributed by atoms with Gasteiger partial charge in [-0.15, -0.1) is 0 Å². The van der Waals surface area contributed by atoms with E-state index in [1.807, 2.05) is 4.90 Å². The predicted octanol–water partition coefficient (Wildman–Crippen LogP) is 3.68. The standard InChI is InChI=1S/C25H39N3O3/c1-19-7-4-11-27(19)12-6-14-30-24-10-9-23(28-13-5-8-25(28)29)15-22(24)18-26-16-20(2)31-21(3)17-26/h9-10,15,19-21H,4-8,11-14,16-18H2,1-3H3. The number of benzene rings is 1. The first kappa shape index (κ1) is 22.6. The number of nitrogens with zero attached hydrogens (tertiary/aromatic N) is 3. The second-order valence-electron chi connectivity index (χ2n) is 9.62. The first-order valence-electron chi connectivity index (χ1n) is 12.2. The maximum atomic E-state index is 12.3. The number of rotatable bonds is 8. The van der Waals surface area contributed by atoms with Crippen molar-refractivity contribution >= 4 is 11.6 Å². The molecule has 3 heterocycles. The van der Waals surface area contributed by atoms with Crippen LogP contribution >= 0.6 is 0 Å². The van der Waals surface area contributed by atoms with Crippen molar-refractivity contribution in [3.05, 3.63) is 23.8 Å². The summed E-state index contributed by atoms with van der Waals surface area (Å²) in [5, 5.41) is 0. The van der Waals surface area contributed by atoms with Crippen molar-refractivity contribution in [3.63, 3.8) is 0 Å². The van der Waals surface area contributed by atoms with Crippen LogP contribution in [0.1, 0.15) is 58.4 Å². The summed E-state index contributed by atoms with van der Waals surface area (Å²) in [6.07, 6.45) is 5.75. The van der Waals surface area contributed by atoms with Gasteiger partial charge in [0.2, 0.25) is 5.91 Å². The van der Waals surface area contributed by atoms with Gasteiger partial charge in [0.15, 0.2) is 0 Å². The average molecular weight is 430 g/mol. The van der Waals surface area contributed by atoms with Gasteiger partial charge >= 0.3 is 0 Å². The molecule has 1 aromatic carbocycles. The molecule has 1 amide bonds. The van der Waals surface area contributed by atoms with Crippen LogP contribution in [0.2, 0.25) is 0 Å². The van der Waals surface area contributed by atoms with E-state index >= 15 is 0 Å². The van der Waals surface area contributed by atoms with Crippen molar-refractivity contribution in [2.75, 3.05) is 44.2 Å². The van der Waals surface area contributed by atoms with Crippen molar-refractivity contribution in [2.45, 2.75) is 77.7 Å². The lowest BCUT2D eigenvalue weighted by Gasteiger charge is -2.35. The third-order valence-corrected chi connectivity index (χ3v) is 6.86. The zero-order valence-corrected chi connectivity index (χ0v) is 19.5. The smallest absolute Gasteiger partial charge is 0.227 e. The summed E-state index contributed by atoms with van der Waals surface area (Å²) in [6.45, 7) is 13.1. The molecule has 0 spiro atoms. The van der Waals surface area contributed by atoms with Crippen LogP contribution in [0.25, 0.3) is 0 Å². The first-order valence-corrected chi connectivity index (χ1v) is 12.2. The summed E-state index contributed by atoms with van der Waals surface area (Å²) >= 11 is 0. The quantitative estimate of drug-likeness (QED) is 0.590. The van der Waals surface area contributed by atoms with Crippen LogP contribution in [-0.4, -0.2) is 73.3 Å². The molecule has 4 rings (SSSR count). The second kappa shape index (κ2) is 10.3. The molecule has 3 fully saturated rings. The van der Waals surface area contributed by atoms with Crippen LogP contribution in [0.3, 0.4) is 0 Å². The third kappa shape index (κ3) is 5.79. The van der Waals surface area contributed by atoms with Crippen LogP contribution in [0.4, 0.5) is 5.69 Å². The number of likely N-dealkylation sites (tertiary alicyclic amines) is 1. The number of morpholine rings is 1. The lowest BCUT2D eigenvalue weighted by molar-refractivity contribution is -0.117. The second-order valence-corrected chi connectivity index (χ2v) is 9.62. The molecule has 3 aliphatic rings. The van der Waals surface area contributed by atoms with Crippen LogP contribution in [0.15, 0.2) is 18.2 Å². The number of carbonyl (C=O) groups is 1. The fourth-order valence-electron chi connectivity index (χ4n) is 5.35. The molecule has 1 aromatic rings. The Morgan fingerprint density at radius 3 is 2.58 bits per heavy atom. The molecule has 172 valence electrons. The number of anilines is 1. The van der Waals surface area contributed by atoms with Gasteiger partial charge in [-0.25, -0.2) is 0 Å². The lowest BCUT2D eigenvalue weighted by atomic mass is 10.1. The molecule has 31 heavy (non-hydrogen) atoms. The van der Waals surface area contributed by atoms with E-state index in [-0.39, 0.29) is 18.1 Å².